The second-order valence-corrected chi connectivity index (χ2v) is 6.22. The highest BCUT2D eigenvalue weighted by Gasteiger charge is 2.14. The summed E-state index contributed by atoms with van der Waals surface area (Å²) in [5, 5.41) is 0. The molecule has 2 rings (SSSR count). The van der Waals surface area contributed by atoms with Gasteiger partial charge in [0.15, 0.2) is 0 Å². The van der Waals surface area contributed by atoms with E-state index in [-0.39, 0.29) is 11.7 Å². The van der Waals surface area contributed by atoms with Crippen LogP contribution in [0.1, 0.15) is 5.56 Å². The average molecular weight is 302 g/mol. The van der Waals surface area contributed by atoms with Gasteiger partial charge in [-0.05, 0) is 29.8 Å². The standard InChI is InChI=1S/C16H18N2O2S/c1-18(15-9-7-14(17)8-10-15)16(19)12-21(20)11-13-5-3-2-4-6-13/h2-10H,11-12,17H2,1H3. The molecule has 0 aliphatic carbocycles. The number of nitrogen functional groups attached to an aromatic ring is 1. The molecule has 4 nitrogen and oxygen atoms in total. The summed E-state index contributed by atoms with van der Waals surface area (Å²) in [5.41, 5.74) is 7.98. The highest BCUT2D eigenvalue weighted by Crippen LogP contribution is 2.15. The Labute approximate surface area is 127 Å². The molecule has 2 aromatic carbocycles. The second kappa shape index (κ2) is 7.04. The van der Waals surface area contributed by atoms with Gasteiger partial charge in [-0.3, -0.25) is 9.00 Å². The first-order chi connectivity index (χ1) is 10.1. The molecule has 1 amide bonds. The minimum Gasteiger partial charge on any atom is -0.399 e. The predicted octanol–water partition coefficient (Wildman–Crippen LogP) is 2.18. The van der Waals surface area contributed by atoms with Crippen molar-refractivity contribution >= 4 is 28.1 Å². The van der Waals surface area contributed by atoms with Gasteiger partial charge in [0.2, 0.25) is 5.91 Å². The number of anilines is 2. The van der Waals surface area contributed by atoms with Crippen molar-refractivity contribution in [1.29, 1.82) is 0 Å². The van der Waals surface area contributed by atoms with Gasteiger partial charge in [0, 0.05) is 35.0 Å². The fourth-order valence-corrected chi connectivity index (χ4v) is 3.02. The molecule has 110 valence electrons. The summed E-state index contributed by atoms with van der Waals surface area (Å²) in [6.45, 7) is 0. The van der Waals surface area contributed by atoms with Crippen LogP contribution >= 0.6 is 0 Å². The van der Waals surface area contributed by atoms with Gasteiger partial charge in [-0.15, -0.1) is 0 Å². The number of amides is 1. The maximum absolute atomic E-state index is 12.1. The van der Waals surface area contributed by atoms with Gasteiger partial charge in [-0.25, -0.2) is 0 Å². The minimum atomic E-state index is -1.22. The molecule has 0 aromatic heterocycles. The SMILES string of the molecule is CN(C(=O)CS(=O)Cc1ccccc1)c1ccc(N)cc1. The third-order valence-electron chi connectivity index (χ3n) is 3.11. The third kappa shape index (κ3) is 4.43. The zero-order valence-electron chi connectivity index (χ0n) is 11.9. The molecule has 2 N–H and O–H groups in total. The second-order valence-electron chi connectivity index (χ2n) is 4.76. The van der Waals surface area contributed by atoms with E-state index in [1.165, 1.54) is 4.90 Å². The van der Waals surface area contributed by atoms with Gasteiger partial charge in [0.25, 0.3) is 0 Å². The molecule has 2 aromatic rings. The van der Waals surface area contributed by atoms with Crippen LogP contribution in [0.3, 0.4) is 0 Å². The van der Waals surface area contributed by atoms with Crippen LogP contribution in [0.15, 0.2) is 54.6 Å². The first-order valence-electron chi connectivity index (χ1n) is 6.57. The molecule has 1 unspecified atom stereocenters. The summed E-state index contributed by atoms with van der Waals surface area (Å²) in [6, 6.07) is 16.5. The van der Waals surface area contributed by atoms with Crippen molar-refractivity contribution in [2.45, 2.75) is 5.75 Å². The topological polar surface area (TPSA) is 63.4 Å². The smallest absolute Gasteiger partial charge is 0.239 e. The molecule has 21 heavy (non-hydrogen) atoms. The van der Waals surface area contributed by atoms with E-state index in [1.54, 1.807) is 31.3 Å². The lowest BCUT2D eigenvalue weighted by Crippen LogP contribution is -2.31. The molecule has 0 aliphatic heterocycles. The molecule has 5 heteroatoms. The van der Waals surface area contributed by atoms with Crippen LogP contribution in [-0.4, -0.2) is 22.9 Å². The van der Waals surface area contributed by atoms with Crippen LogP contribution in [0.2, 0.25) is 0 Å². The molecule has 1 atom stereocenters. The summed E-state index contributed by atoms with van der Waals surface area (Å²) < 4.78 is 12.1. The van der Waals surface area contributed by atoms with Crippen molar-refractivity contribution in [1.82, 2.24) is 0 Å². The number of carbonyl (C=O) groups is 1. The van der Waals surface area contributed by atoms with E-state index in [9.17, 15) is 9.00 Å². The fraction of sp³-hybridized carbons (Fsp3) is 0.188. The highest BCUT2D eigenvalue weighted by molar-refractivity contribution is 7.84. The highest BCUT2D eigenvalue weighted by atomic mass is 32.2. The van der Waals surface area contributed by atoms with Crippen molar-refractivity contribution in [2.24, 2.45) is 0 Å². The number of rotatable bonds is 5. The minimum absolute atomic E-state index is 0.00969. The zero-order valence-corrected chi connectivity index (χ0v) is 12.7. The lowest BCUT2D eigenvalue weighted by atomic mass is 10.2. The maximum Gasteiger partial charge on any atom is 0.239 e. The first-order valence-corrected chi connectivity index (χ1v) is 8.06. The Hall–Kier alpha value is -2.14. The monoisotopic (exact) mass is 302 g/mol. The Morgan fingerprint density at radius 3 is 2.33 bits per heavy atom. The van der Waals surface area contributed by atoms with E-state index < -0.39 is 10.8 Å². The molecule has 0 fully saturated rings. The van der Waals surface area contributed by atoms with Gasteiger partial charge in [-0.2, -0.15) is 0 Å². The number of hydrogen-bond donors (Lipinski definition) is 1. The van der Waals surface area contributed by atoms with E-state index in [4.69, 9.17) is 5.73 Å². The van der Waals surface area contributed by atoms with Crippen LogP contribution in [0.25, 0.3) is 0 Å². The molecular weight excluding hydrogens is 284 g/mol. The molecule has 0 spiro atoms. The maximum atomic E-state index is 12.1. The third-order valence-corrected chi connectivity index (χ3v) is 4.33. The van der Waals surface area contributed by atoms with Crippen molar-refractivity contribution in [3.8, 4) is 0 Å². The van der Waals surface area contributed by atoms with Gasteiger partial charge < -0.3 is 10.6 Å². The Morgan fingerprint density at radius 2 is 1.71 bits per heavy atom. The Kier molecular flexibility index (Phi) is 5.11. The Balaban J connectivity index is 1.94. The molecular formula is C16H18N2O2S. The number of carbonyl (C=O) groups excluding carboxylic acids is 1. The predicted molar refractivity (Wildman–Crippen MR) is 87.4 cm³/mol. The van der Waals surface area contributed by atoms with Crippen LogP contribution in [0.5, 0.6) is 0 Å². The van der Waals surface area contributed by atoms with E-state index in [2.05, 4.69) is 0 Å². The van der Waals surface area contributed by atoms with E-state index in [0.717, 1.165) is 11.3 Å². The van der Waals surface area contributed by atoms with Crippen molar-refractivity contribution in [3.63, 3.8) is 0 Å². The molecule has 0 saturated heterocycles. The van der Waals surface area contributed by atoms with Crippen molar-refractivity contribution in [3.05, 3.63) is 60.2 Å². The number of nitrogens with two attached hydrogens (primary N) is 1. The Bertz CT molecular complexity index is 626. The van der Waals surface area contributed by atoms with E-state index >= 15 is 0 Å². The summed E-state index contributed by atoms with van der Waals surface area (Å²) in [7, 11) is 0.458. The Morgan fingerprint density at radius 1 is 1.10 bits per heavy atom. The molecule has 0 heterocycles. The average Bonchev–Trinajstić information content (AvgIpc) is 2.48. The zero-order chi connectivity index (χ0) is 15.2. The number of hydrogen-bond acceptors (Lipinski definition) is 3. The lowest BCUT2D eigenvalue weighted by molar-refractivity contribution is -0.115. The van der Waals surface area contributed by atoms with Crippen molar-refractivity contribution < 1.29 is 9.00 Å². The quantitative estimate of drug-likeness (QED) is 0.861. The lowest BCUT2D eigenvalue weighted by Gasteiger charge is -2.17. The largest absolute Gasteiger partial charge is 0.399 e. The van der Waals surface area contributed by atoms with Crippen LogP contribution in [-0.2, 0) is 21.3 Å². The summed E-state index contributed by atoms with van der Waals surface area (Å²) in [6.07, 6.45) is 0. The van der Waals surface area contributed by atoms with E-state index in [0.29, 0.717) is 11.4 Å². The molecule has 0 bridgehead atoms. The molecule has 0 aliphatic rings. The number of nitrogens with zero attached hydrogens (tertiary/aromatic N) is 1. The van der Waals surface area contributed by atoms with Crippen molar-refractivity contribution in [2.75, 3.05) is 23.4 Å². The normalized spacial score (nSPS) is 11.9. The van der Waals surface area contributed by atoms with Gasteiger partial charge >= 0.3 is 0 Å². The summed E-state index contributed by atoms with van der Waals surface area (Å²) >= 11 is 0. The molecule has 0 saturated carbocycles. The molecule has 0 radical (unpaired) electrons. The van der Waals surface area contributed by atoms with Crippen LogP contribution < -0.4 is 10.6 Å². The van der Waals surface area contributed by atoms with Gasteiger partial charge in [-0.1, -0.05) is 30.3 Å². The van der Waals surface area contributed by atoms with Crippen LogP contribution in [0, 0.1) is 0 Å². The fourth-order valence-electron chi connectivity index (χ4n) is 1.89. The summed E-state index contributed by atoms with van der Waals surface area (Å²) in [5.74, 6) is 0.229. The van der Waals surface area contributed by atoms with Gasteiger partial charge in [0.1, 0.15) is 5.75 Å². The van der Waals surface area contributed by atoms with Crippen LogP contribution in [0.4, 0.5) is 11.4 Å². The first kappa shape index (κ1) is 15.3. The summed E-state index contributed by atoms with van der Waals surface area (Å²) in [4.78, 5) is 13.6. The van der Waals surface area contributed by atoms with Gasteiger partial charge in [0.05, 0.1) is 0 Å². The van der Waals surface area contributed by atoms with E-state index in [1.807, 2.05) is 30.3 Å². The number of benzene rings is 2.